The predicted octanol–water partition coefficient (Wildman–Crippen LogP) is 2.25. The Morgan fingerprint density at radius 1 is 1.11 bits per heavy atom. The molecule has 3 aromatic rings. The minimum absolute atomic E-state index is 0.0271. The van der Waals surface area contributed by atoms with Gasteiger partial charge in [0.2, 0.25) is 11.8 Å². The second-order valence-electron chi connectivity index (χ2n) is 6.75. The second-order valence-corrected chi connectivity index (χ2v) is 6.75. The summed E-state index contributed by atoms with van der Waals surface area (Å²) in [5.74, 6) is -0.945. The van der Waals surface area contributed by atoms with Gasteiger partial charge in [0.1, 0.15) is 6.04 Å². The maximum atomic E-state index is 12.3. The number of carbonyl (C=O) groups excluding carboxylic acids is 3. The zero-order chi connectivity index (χ0) is 19.7. The highest BCUT2D eigenvalue weighted by atomic mass is 16.3. The number of benzene rings is 2. The highest BCUT2D eigenvalue weighted by molar-refractivity contribution is 6.00. The fourth-order valence-electron chi connectivity index (χ4n) is 3.51. The first kappa shape index (κ1) is 17.8. The molecule has 1 aliphatic heterocycles. The molecule has 2 aromatic carbocycles. The molecule has 0 radical (unpaired) electrons. The number of rotatable bonds is 4. The van der Waals surface area contributed by atoms with Gasteiger partial charge in [0.25, 0.3) is 5.91 Å². The standard InChI is InChI=1S/C21H19N3O4/c25-18-10-9-17(20(27)23-18)24-12-16-14(7-4-8-15(16)21(24)28)11-22-19(26)13-5-2-1-3-6-13/h1-8,12,17,28H,9-11H2,(H,22,26)(H,23,25,27). The molecule has 1 aliphatic rings. The van der Waals surface area contributed by atoms with Gasteiger partial charge in [-0.2, -0.15) is 0 Å². The molecule has 1 atom stereocenters. The molecular weight excluding hydrogens is 358 g/mol. The first-order valence-electron chi connectivity index (χ1n) is 9.03. The Labute approximate surface area is 161 Å². The van der Waals surface area contributed by atoms with Crippen molar-refractivity contribution >= 4 is 28.5 Å². The molecule has 2 heterocycles. The Morgan fingerprint density at radius 3 is 2.64 bits per heavy atom. The van der Waals surface area contributed by atoms with Crippen LogP contribution in [0.3, 0.4) is 0 Å². The highest BCUT2D eigenvalue weighted by Crippen LogP contribution is 2.34. The normalized spacial score (nSPS) is 16.8. The van der Waals surface area contributed by atoms with Crippen LogP contribution in [0.15, 0.2) is 54.7 Å². The van der Waals surface area contributed by atoms with Crippen molar-refractivity contribution in [1.82, 2.24) is 15.2 Å². The highest BCUT2D eigenvalue weighted by Gasteiger charge is 2.30. The Bertz CT molecular complexity index is 1070. The lowest BCUT2D eigenvalue weighted by molar-refractivity contribution is -0.135. The van der Waals surface area contributed by atoms with Crippen LogP contribution < -0.4 is 10.6 Å². The molecule has 3 amide bonds. The third kappa shape index (κ3) is 3.22. The van der Waals surface area contributed by atoms with Crippen molar-refractivity contribution in [1.29, 1.82) is 0 Å². The van der Waals surface area contributed by atoms with Crippen LogP contribution in [0.2, 0.25) is 0 Å². The first-order chi connectivity index (χ1) is 13.5. The Morgan fingerprint density at radius 2 is 1.89 bits per heavy atom. The zero-order valence-electron chi connectivity index (χ0n) is 15.0. The van der Waals surface area contributed by atoms with Gasteiger partial charge >= 0.3 is 0 Å². The van der Waals surface area contributed by atoms with Gasteiger partial charge in [-0.25, -0.2) is 0 Å². The molecular formula is C21H19N3O4. The van der Waals surface area contributed by atoms with Gasteiger partial charge in [0.05, 0.1) is 0 Å². The van der Waals surface area contributed by atoms with E-state index in [1.54, 1.807) is 42.6 Å². The van der Waals surface area contributed by atoms with Crippen LogP contribution in [-0.4, -0.2) is 27.4 Å². The predicted molar refractivity (Wildman–Crippen MR) is 103 cm³/mol. The Hall–Kier alpha value is -3.61. The number of aromatic nitrogens is 1. The van der Waals surface area contributed by atoms with Crippen LogP contribution in [0.1, 0.15) is 34.8 Å². The number of nitrogens with zero attached hydrogens (tertiary/aromatic N) is 1. The number of amides is 3. The monoisotopic (exact) mass is 377 g/mol. The van der Waals surface area contributed by atoms with Crippen molar-refractivity contribution in [2.24, 2.45) is 0 Å². The second kappa shape index (κ2) is 7.19. The van der Waals surface area contributed by atoms with E-state index in [1.807, 2.05) is 12.1 Å². The number of piperidine rings is 1. The number of aromatic hydroxyl groups is 1. The molecule has 142 valence electrons. The largest absolute Gasteiger partial charge is 0.494 e. The quantitative estimate of drug-likeness (QED) is 0.607. The number of nitrogens with one attached hydrogen (secondary N) is 2. The van der Waals surface area contributed by atoms with Crippen molar-refractivity contribution < 1.29 is 19.5 Å². The van der Waals surface area contributed by atoms with E-state index in [1.165, 1.54) is 4.57 Å². The van der Waals surface area contributed by atoms with Crippen molar-refractivity contribution in [3.8, 4) is 5.88 Å². The van der Waals surface area contributed by atoms with E-state index in [2.05, 4.69) is 10.6 Å². The summed E-state index contributed by atoms with van der Waals surface area (Å²) < 4.78 is 1.49. The van der Waals surface area contributed by atoms with E-state index in [9.17, 15) is 19.5 Å². The molecule has 0 bridgehead atoms. The molecule has 4 rings (SSSR count). The lowest BCUT2D eigenvalue weighted by Crippen LogP contribution is -2.41. The average Bonchev–Trinajstić information content (AvgIpc) is 3.04. The molecule has 3 N–H and O–H groups in total. The van der Waals surface area contributed by atoms with Crippen LogP contribution in [0.5, 0.6) is 5.88 Å². The lowest BCUT2D eigenvalue weighted by Gasteiger charge is -2.22. The summed E-state index contributed by atoms with van der Waals surface area (Å²) in [4.78, 5) is 35.9. The summed E-state index contributed by atoms with van der Waals surface area (Å²) in [6, 6.07) is 13.7. The van der Waals surface area contributed by atoms with Crippen LogP contribution in [0, 0.1) is 0 Å². The van der Waals surface area contributed by atoms with Crippen LogP contribution in [0.25, 0.3) is 10.8 Å². The van der Waals surface area contributed by atoms with Crippen molar-refractivity contribution in [2.75, 3.05) is 0 Å². The number of hydrogen-bond donors (Lipinski definition) is 3. The molecule has 7 nitrogen and oxygen atoms in total. The van der Waals surface area contributed by atoms with E-state index in [0.29, 0.717) is 17.4 Å². The molecule has 1 unspecified atom stereocenters. The first-order valence-corrected chi connectivity index (χ1v) is 9.03. The van der Waals surface area contributed by atoms with E-state index < -0.39 is 11.9 Å². The summed E-state index contributed by atoms with van der Waals surface area (Å²) in [6.45, 7) is 0.282. The molecule has 1 saturated heterocycles. The van der Waals surface area contributed by atoms with Gasteiger partial charge in [-0.15, -0.1) is 0 Å². The van der Waals surface area contributed by atoms with E-state index >= 15 is 0 Å². The Balaban J connectivity index is 1.61. The van der Waals surface area contributed by atoms with Crippen LogP contribution in [0.4, 0.5) is 0 Å². The summed E-state index contributed by atoms with van der Waals surface area (Å²) in [7, 11) is 0. The fourth-order valence-corrected chi connectivity index (χ4v) is 3.51. The van der Waals surface area contributed by atoms with Gasteiger partial charge in [-0.3, -0.25) is 19.7 Å². The average molecular weight is 377 g/mol. The maximum Gasteiger partial charge on any atom is 0.251 e. The third-order valence-electron chi connectivity index (χ3n) is 4.97. The number of fused-ring (bicyclic) bond motifs is 1. The molecule has 1 fully saturated rings. The molecule has 0 aliphatic carbocycles. The summed E-state index contributed by atoms with van der Waals surface area (Å²) in [5, 5.41) is 17.1. The molecule has 1 aromatic heterocycles. The number of hydrogen-bond acceptors (Lipinski definition) is 4. The molecule has 7 heteroatoms. The molecule has 0 spiro atoms. The smallest absolute Gasteiger partial charge is 0.251 e. The third-order valence-corrected chi connectivity index (χ3v) is 4.97. The van der Waals surface area contributed by atoms with Gasteiger partial charge in [-0.05, 0) is 30.2 Å². The number of carbonyl (C=O) groups is 3. The van der Waals surface area contributed by atoms with E-state index in [4.69, 9.17) is 0 Å². The molecule has 0 saturated carbocycles. The van der Waals surface area contributed by atoms with E-state index in [-0.39, 0.29) is 30.7 Å². The minimum atomic E-state index is -0.642. The Kier molecular flexibility index (Phi) is 4.57. The maximum absolute atomic E-state index is 12.3. The zero-order valence-corrected chi connectivity index (χ0v) is 15.0. The minimum Gasteiger partial charge on any atom is -0.494 e. The molecule has 28 heavy (non-hydrogen) atoms. The summed E-state index contributed by atoms with van der Waals surface area (Å²) >= 11 is 0. The summed E-state index contributed by atoms with van der Waals surface area (Å²) in [5.41, 5.74) is 1.39. The van der Waals surface area contributed by atoms with Gasteiger partial charge in [0.15, 0.2) is 5.88 Å². The van der Waals surface area contributed by atoms with Crippen molar-refractivity contribution in [3.63, 3.8) is 0 Å². The number of imide groups is 1. The van der Waals surface area contributed by atoms with Crippen molar-refractivity contribution in [2.45, 2.75) is 25.4 Å². The van der Waals surface area contributed by atoms with E-state index in [0.717, 1.165) is 10.9 Å². The summed E-state index contributed by atoms with van der Waals surface area (Å²) in [6.07, 6.45) is 2.26. The van der Waals surface area contributed by atoms with Gasteiger partial charge in [0, 0.05) is 35.5 Å². The fraction of sp³-hybridized carbons (Fsp3) is 0.190. The van der Waals surface area contributed by atoms with Gasteiger partial charge < -0.3 is 15.0 Å². The van der Waals surface area contributed by atoms with Crippen LogP contribution >= 0.6 is 0 Å². The lowest BCUT2D eigenvalue weighted by atomic mass is 10.1. The SMILES string of the molecule is O=C1CCC(n2cc3c(CNC(=O)c4ccccc4)cccc3c2O)C(=O)N1. The van der Waals surface area contributed by atoms with Gasteiger partial charge in [-0.1, -0.05) is 30.3 Å². The topological polar surface area (TPSA) is 100 Å². The van der Waals surface area contributed by atoms with Crippen LogP contribution in [-0.2, 0) is 16.1 Å². The van der Waals surface area contributed by atoms with Crippen molar-refractivity contribution in [3.05, 3.63) is 65.9 Å².